The van der Waals surface area contributed by atoms with Crippen LogP contribution in [-0.2, 0) is 4.74 Å². The lowest BCUT2D eigenvalue weighted by atomic mass is 10.7. The van der Waals surface area contributed by atoms with Crippen molar-refractivity contribution in [3.63, 3.8) is 0 Å². The summed E-state index contributed by atoms with van der Waals surface area (Å²) in [4.78, 5) is 0. The molecule has 0 unspecified atom stereocenters. The van der Waals surface area contributed by atoms with Crippen LogP contribution >= 0.6 is 0 Å². The van der Waals surface area contributed by atoms with Crippen molar-refractivity contribution in [2.45, 2.75) is 13.0 Å². The molecule has 0 aliphatic heterocycles. The Kier molecular flexibility index (Phi) is 2.86. The first kappa shape index (κ1) is 7.78. The van der Waals surface area contributed by atoms with Gasteiger partial charge in [0.1, 0.15) is 0 Å². The molecule has 0 saturated carbocycles. The number of halogens is 2. The summed E-state index contributed by atoms with van der Waals surface area (Å²) in [5.41, 5.74) is 0. The van der Waals surface area contributed by atoms with Crippen molar-refractivity contribution in [1.82, 2.24) is 0 Å². The highest BCUT2D eigenvalue weighted by Crippen LogP contribution is 2.11. The van der Waals surface area contributed by atoms with Crippen LogP contribution in [0.1, 0.15) is 6.92 Å². The molecule has 4 heteroatoms. The predicted octanol–water partition coefficient (Wildman–Crippen LogP) is 0.608. The summed E-state index contributed by atoms with van der Waals surface area (Å²) in [6, 6.07) is 0. The highest BCUT2D eigenvalue weighted by Gasteiger charge is 2.20. The maximum atomic E-state index is 11.6. The molecule has 0 rings (SSSR count). The fourth-order valence-corrected chi connectivity index (χ4v) is 0.225. The highest BCUT2D eigenvalue weighted by molar-refractivity contribution is 4.36. The summed E-state index contributed by atoms with van der Waals surface area (Å²) in [6.45, 7) is -0.0599. The van der Waals surface area contributed by atoms with E-state index in [1.165, 1.54) is 0 Å². The fraction of sp³-hybridized carbons (Fsp3) is 1.00. The van der Waals surface area contributed by atoms with Crippen molar-refractivity contribution in [2.75, 3.05) is 13.2 Å². The first-order valence-electron chi connectivity index (χ1n) is 2.19. The largest absolute Gasteiger partial charge is 0.394 e. The van der Waals surface area contributed by atoms with Gasteiger partial charge in [-0.05, 0) is 0 Å². The number of aliphatic hydroxyl groups excluding tert-OH is 1. The van der Waals surface area contributed by atoms with E-state index in [2.05, 4.69) is 4.74 Å². The van der Waals surface area contributed by atoms with Crippen LogP contribution in [0.4, 0.5) is 8.78 Å². The van der Waals surface area contributed by atoms with E-state index in [0.717, 1.165) is 0 Å². The van der Waals surface area contributed by atoms with Gasteiger partial charge in [0.2, 0.25) is 0 Å². The smallest absolute Gasteiger partial charge is 0.353 e. The van der Waals surface area contributed by atoms with E-state index in [4.69, 9.17) is 5.11 Å². The van der Waals surface area contributed by atoms with Gasteiger partial charge in [-0.2, -0.15) is 8.78 Å². The van der Waals surface area contributed by atoms with Crippen LogP contribution in [0.5, 0.6) is 0 Å². The number of hydrogen-bond donors (Lipinski definition) is 1. The van der Waals surface area contributed by atoms with Gasteiger partial charge in [0.05, 0.1) is 13.2 Å². The summed E-state index contributed by atoms with van der Waals surface area (Å²) in [5.74, 6) is 0. The number of hydrogen-bond acceptors (Lipinski definition) is 2. The van der Waals surface area contributed by atoms with Gasteiger partial charge in [0.15, 0.2) is 0 Å². The van der Waals surface area contributed by atoms with Crippen molar-refractivity contribution >= 4 is 0 Å². The van der Waals surface area contributed by atoms with Gasteiger partial charge in [0.25, 0.3) is 0 Å². The Balaban J connectivity index is 3.11. The average molecular weight is 126 g/mol. The molecule has 0 aliphatic carbocycles. The minimum Gasteiger partial charge on any atom is -0.394 e. The molecule has 0 aromatic rings. The topological polar surface area (TPSA) is 29.5 Å². The number of rotatable bonds is 3. The van der Waals surface area contributed by atoms with Gasteiger partial charge >= 0.3 is 6.11 Å². The minimum atomic E-state index is -3.11. The van der Waals surface area contributed by atoms with E-state index < -0.39 is 6.11 Å². The maximum Gasteiger partial charge on any atom is 0.353 e. The van der Waals surface area contributed by atoms with Gasteiger partial charge in [0, 0.05) is 6.92 Å². The molecule has 0 amide bonds. The van der Waals surface area contributed by atoms with Crippen LogP contribution < -0.4 is 0 Å². The zero-order valence-electron chi connectivity index (χ0n) is 4.53. The zero-order chi connectivity index (χ0) is 6.62. The van der Waals surface area contributed by atoms with E-state index in [9.17, 15) is 8.78 Å². The molecule has 0 saturated heterocycles. The Hall–Kier alpha value is -0.220. The summed E-state index contributed by atoms with van der Waals surface area (Å²) in [6.07, 6.45) is -3.11. The molecule has 1 N–H and O–H groups in total. The summed E-state index contributed by atoms with van der Waals surface area (Å²) < 4.78 is 26.9. The third kappa shape index (κ3) is 5.78. The number of aliphatic hydroxyl groups is 1. The molecule has 0 spiro atoms. The zero-order valence-corrected chi connectivity index (χ0v) is 4.53. The molecule has 2 nitrogen and oxygen atoms in total. The van der Waals surface area contributed by atoms with Crippen LogP contribution in [0.3, 0.4) is 0 Å². The molecule has 0 heterocycles. The Bertz CT molecular complexity index is 59.5. The molecule has 0 radical (unpaired) electrons. The molecule has 0 aromatic carbocycles. The van der Waals surface area contributed by atoms with Gasteiger partial charge < -0.3 is 9.84 Å². The van der Waals surface area contributed by atoms with Crippen molar-refractivity contribution in [3.8, 4) is 0 Å². The molecule has 0 aliphatic rings. The van der Waals surface area contributed by atoms with Gasteiger partial charge in [-0.3, -0.25) is 0 Å². The monoisotopic (exact) mass is 126 g/mol. The summed E-state index contributed by atoms with van der Waals surface area (Å²) >= 11 is 0. The van der Waals surface area contributed by atoms with Crippen molar-refractivity contribution < 1.29 is 18.6 Å². The fourth-order valence-electron chi connectivity index (χ4n) is 0.225. The van der Waals surface area contributed by atoms with Crippen molar-refractivity contribution in [1.29, 1.82) is 0 Å². The first-order chi connectivity index (χ1) is 3.56. The Morgan fingerprint density at radius 1 is 1.62 bits per heavy atom. The normalized spacial score (nSPS) is 12.0. The van der Waals surface area contributed by atoms with Crippen LogP contribution in [0.15, 0.2) is 0 Å². The minimum absolute atomic E-state index is 0.316. The third-order valence-electron chi connectivity index (χ3n) is 0.447. The molecular weight excluding hydrogens is 118 g/mol. The Labute approximate surface area is 46.1 Å². The molecule has 50 valence electrons. The third-order valence-corrected chi connectivity index (χ3v) is 0.447. The van der Waals surface area contributed by atoms with Gasteiger partial charge in [-0.1, -0.05) is 0 Å². The van der Waals surface area contributed by atoms with E-state index in [-0.39, 0.29) is 13.2 Å². The lowest BCUT2D eigenvalue weighted by Gasteiger charge is -2.08. The number of alkyl halides is 2. The Morgan fingerprint density at radius 3 is 2.25 bits per heavy atom. The second-order valence-corrected chi connectivity index (χ2v) is 1.38. The highest BCUT2D eigenvalue weighted by atomic mass is 19.3. The lowest BCUT2D eigenvalue weighted by Crippen LogP contribution is -2.17. The van der Waals surface area contributed by atoms with E-state index in [1.807, 2.05) is 0 Å². The quantitative estimate of drug-likeness (QED) is 0.600. The summed E-state index contributed by atoms with van der Waals surface area (Å²) in [7, 11) is 0. The predicted molar refractivity (Wildman–Crippen MR) is 23.7 cm³/mol. The van der Waals surface area contributed by atoms with Crippen molar-refractivity contribution in [2.24, 2.45) is 0 Å². The van der Waals surface area contributed by atoms with E-state index >= 15 is 0 Å². The maximum absolute atomic E-state index is 11.6. The SMILES string of the molecule is CC(F)(F)OCCO. The van der Waals surface area contributed by atoms with E-state index in [1.54, 1.807) is 0 Å². The molecular formula is C4H8F2O2. The molecule has 8 heavy (non-hydrogen) atoms. The summed E-state index contributed by atoms with van der Waals surface area (Å²) in [5, 5.41) is 7.97. The van der Waals surface area contributed by atoms with Crippen LogP contribution in [0.2, 0.25) is 0 Å². The molecule has 0 fully saturated rings. The second kappa shape index (κ2) is 2.94. The average Bonchev–Trinajstić information content (AvgIpc) is 1.59. The second-order valence-electron chi connectivity index (χ2n) is 1.38. The lowest BCUT2D eigenvalue weighted by molar-refractivity contribution is -0.227. The van der Waals surface area contributed by atoms with Crippen LogP contribution in [0, 0.1) is 0 Å². The van der Waals surface area contributed by atoms with Gasteiger partial charge in [-0.15, -0.1) is 0 Å². The van der Waals surface area contributed by atoms with E-state index in [0.29, 0.717) is 6.92 Å². The van der Waals surface area contributed by atoms with Crippen molar-refractivity contribution in [3.05, 3.63) is 0 Å². The number of ether oxygens (including phenoxy) is 1. The van der Waals surface area contributed by atoms with Crippen LogP contribution in [0.25, 0.3) is 0 Å². The van der Waals surface area contributed by atoms with Gasteiger partial charge in [-0.25, -0.2) is 0 Å². The molecule has 0 atom stereocenters. The molecule has 0 bridgehead atoms. The first-order valence-corrected chi connectivity index (χ1v) is 2.19. The standard InChI is InChI=1S/C4H8F2O2/c1-4(5,6)8-3-2-7/h7H,2-3H2,1H3. The van der Waals surface area contributed by atoms with Crippen LogP contribution in [-0.4, -0.2) is 24.4 Å². The Morgan fingerprint density at radius 2 is 2.12 bits per heavy atom. The molecule has 0 aromatic heterocycles.